The lowest BCUT2D eigenvalue weighted by atomic mass is 10.1. The molecule has 1 aromatic rings. The Kier molecular flexibility index (Phi) is 7.18. The van der Waals surface area contributed by atoms with Crippen LogP contribution in [0.2, 0.25) is 0 Å². The molecule has 1 aromatic heterocycles. The Balaban J connectivity index is 2.52. The van der Waals surface area contributed by atoms with E-state index in [-0.39, 0.29) is 23.5 Å². The Morgan fingerprint density at radius 2 is 2.11 bits per heavy atom. The van der Waals surface area contributed by atoms with E-state index in [4.69, 9.17) is 4.74 Å². The first kappa shape index (κ1) is 21.1. The highest BCUT2D eigenvalue weighted by Crippen LogP contribution is 2.23. The van der Waals surface area contributed by atoms with Crippen LogP contribution in [0.25, 0.3) is 5.57 Å². The van der Waals surface area contributed by atoms with Crippen LogP contribution in [0.1, 0.15) is 33.0 Å². The number of anilines is 2. The van der Waals surface area contributed by atoms with Crippen LogP contribution in [0.3, 0.4) is 0 Å². The topological polar surface area (TPSA) is 66.7 Å². The summed E-state index contributed by atoms with van der Waals surface area (Å²) in [5, 5.41) is 0. The zero-order chi connectivity index (χ0) is 20.1. The number of ether oxygens (including phenoxy) is 1. The third-order valence-corrected chi connectivity index (χ3v) is 4.83. The normalized spacial score (nSPS) is 19.3. The molecule has 1 aliphatic rings. The Morgan fingerprint density at radius 1 is 1.41 bits per heavy atom. The number of aromatic nitrogens is 3. The predicted octanol–water partition coefficient (Wildman–Crippen LogP) is 2.68. The molecule has 0 amide bonds. The fraction of sp³-hybridized carbons (Fsp3) is 0.667. The van der Waals surface area contributed by atoms with E-state index >= 15 is 0 Å². The van der Waals surface area contributed by atoms with Gasteiger partial charge >= 0.3 is 0 Å². The molecule has 0 radical (unpaired) electrons. The van der Waals surface area contributed by atoms with E-state index in [0.717, 1.165) is 6.42 Å². The van der Waals surface area contributed by atoms with E-state index in [2.05, 4.69) is 33.4 Å². The summed E-state index contributed by atoms with van der Waals surface area (Å²) in [7, 11) is 3.19. The molecule has 2 rings (SSSR count). The monoisotopic (exact) mass is 382 g/mol. The van der Waals surface area contributed by atoms with Crippen LogP contribution in [0, 0.1) is 0 Å². The molecule has 0 saturated carbocycles. The molecule has 2 heterocycles. The van der Waals surface area contributed by atoms with Gasteiger partial charge in [-0.25, -0.2) is 8.78 Å². The van der Waals surface area contributed by atoms with Crippen LogP contribution >= 0.6 is 0 Å². The summed E-state index contributed by atoms with van der Waals surface area (Å²) in [6, 6.07) is 0.247. The molecule has 1 aliphatic heterocycles. The van der Waals surface area contributed by atoms with Crippen molar-refractivity contribution >= 4 is 23.2 Å². The van der Waals surface area contributed by atoms with Gasteiger partial charge in [-0.1, -0.05) is 13.5 Å². The second-order valence-corrected chi connectivity index (χ2v) is 6.63. The van der Waals surface area contributed by atoms with E-state index in [0.29, 0.717) is 31.7 Å². The van der Waals surface area contributed by atoms with Crippen LogP contribution in [0.5, 0.6) is 0 Å². The van der Waals surface area contributed by atoms with Gasteiger partial charge in [0.2, 0.25) is 11.9 Å². The predicted molar refractivity (Wildman–Crippen MR) is 104 cm³/mol. The molecular formula is C18H28F2N6O. The van der Waals surface area contributed by atoms with Crippen LogP contribution in [0.15, 0.2) is 11.6 Å². The van der Waals surface area contributed by atoms with Crippen molar-refractivity contribution in [2.45, 2.75) is 45.7 Å². The van der Waals surface area contributed by atoms with Gasteiger partial charge in [-0.3, -0.25) is 4.99 Å². The van der Waals surface area contributed by atoms with Gasteiger partial charge in [0, 0.05) is 32.3 Å². The fourth-order valence-electron chi connectivity index (χ4n) is 2.75. The highest BCUT2D eigenvalue weighted by molar-refractivity contribution is 6.23. The summed E-state index contributed by atoms with van der Waals surface area (Å²) in [4.78, 5) is 21.0. The maximum Gasteiger partial charge on any atom is 0.280 e. The standard InChI is InChI=1S/C18H28F2N6O/c1-7-11(2)25(6)17-22-16(13(4)14(21-5)15(19)20)23-18(24-17)26-8-9-27-10-12(26)3/h11-12,15H,4,7-10H2,1-3,5-6H3/b21-14+/t11?,12-/m0/s1. The molecule has 0 spiro atoms. The lowest BCUT2D eigenvalue weighted by Crippen LogP contribution is -2.45. The molecule has 1 fully saturated rings. The number of rotatable bonds is 7. The Morgan fingerprint density at radius 3 is 2.67 bits per heavy atom. The lowest BCUT2D eigenvalue weighted by Gasteiger charge is -2.34. The first-order valence-electron chi connectivity index (χ1n) is 9.07. The van der Waals surface area contributed by atoms with Gasteiger partial charge in [0.05, 0.1) is 19.3 Å². The molecule has 150 valence electrons. The Labute approximate surface area is 159 Å². The van der Waals surface area contributed by atoms with E-state index in [9.17, 15) is 8.78 Å². The smallest absolute Gasteiger partial charge is 0.280 e. The van der Waals surface area contributed by atoms with Crippen molar-refractivity contribution in [3.05, 3.63) is 12.4 Å². The number of halogens is 2. The number of aliphatic imine (C=N–C) groups is 1. The molecule has 0 bridgehead atoms. The highest BCUT2D eigenvalue weighted by atomic mass is 19.3. The van der Waals surface area contributed by atoms with E-state index in [1.165, 1.54) is 7.05 Å². The quantitative estimate of drug-likeness (QED) is 0.676. The van der Waals surface area contributed by atoms with Crippen molar-refractivity contribution < 1.29 is 13.5 Å². The average molecular weight is 382 g/mol. The largest absolute Gasteiger partial charge is 0.377 e. The van der Waals surface area contributed by atoms with Crippen molar-refractivity contribution in [2.75, 3.05) is 43.7 Å². The Hall–Kier alpha value is -2.16. The van der Waals surface area contributed by atoms with Crippen molar-refractivity contribution in [1.82, 2.24) is 15.0 Å². The zero-order valence-corrected chi connectivity index (χ0v) is 16.6. The van der Waals surface area contributed by atoms with Crippen molar-refractivity contribution in [2.24, 2.45) is 4.99 Å². The highest BCUT2D eigenvalue weighted by Gasteiger charge is 2.26. The van der Waals surface area contributed by atoms with Crippen LogP contribution in [-0.2, 0) is 4.74 Å². The summed E-state index contributed by atoms with van der Waals surface area (Å²) in [6.07, 6.45) is -1.86. The van der Waals surface area contributed by atoms with Crippen molar-refractivity contribution in [1.29, 1.82) is 0 Å². The molecular weight excluding hydrogens is 354 g/mol. The lowest BCUT2D eigenvalue weighted by molar-refractivity contribution is 0.0980. The molecule has 1 saturated heterocycles. The number of allylic oxidation sites excluding steroid dienone is 1. The van der Waals surface area contributed by atoms with Crippen LogP contribution in [0.4, 0.5) is 20.7 Å². The molecule has 1 unspecified atom stereocenters. The van der Waals surface area contributed by atoms with Gasteiger partial charge in [0.15, 0.2) is 5.82 Å². The molecule has 27 heavy (non-hydrogen) atoms. The van der Waals surface area contributed by atoms with Gasteiger partial charge in [-0.15, -0.1) is 0 Å². The molecule has 7 nitrogen and oxygen atoms in total. The molecule has 0 aromatic carbocycles. The van der Waals surface area contributed by atoms with Gasteiger partial charge < -0.3 is 14.5 Å². The summed E-state index contributed by atoms with van der Waals surface area (Å²) in [5.41, 5.74) is -0.407. The van der Waals surface area contributed by atoms with Gasteiger partial charge in [-0.2, -0.15) is 15.0 Å². The molecule has 9 heteroatoms. The summed E-state index contributed by atoms with van der Waals surface area (Å²) >= 11 is 0. The van der Waals surface area contributed by atoms with E-state index in [1.54, 1.807) is 0 Å². The van der Waals surface area contributed by atoms with Crippen molar-refractivity contribution in [3.63, 3.8) is 0 Å². The zero-order valence-electron chi connectivity index (χ0n) is 16.6. The van der Waals surface area contributed by atoms with Gasteiger partial charge in [-0.05, 0) is 20.3 Å². The third-order valence-electron chi connectivity index (χ3n) is 4.83. The summed E-state index contributed by atoms with van der Waals surface area (Å²) in [5.74, 6) is 0.977. The number of morpholine rings is 1. The molecule has 0 N–H and O–H groups in total. The molecule has 2 atom stereocenters. The summed E-state index contributed by atoms with van der Waals surface area (Å²) in [6.45, 7) is 11.6. The maximum absolute atomic E-state index is 13.3. The van der Waals surface area contributed by atoms with Crippen LogP contribution < -0.4 is 9.80 Å². The minimum absolute atomic E-state index is 0.0101. The fourth-order valence-corrected chi connectivity index (χ4v) is 2.75. The number of alkyl halides is 2. The van der Waals surface area contributed by atoms with Gasteiger partial charge in [0.25, 0.3) is 6.43 Å². The minimum Gasteiger partial charge on any atom is -0.377 e. The maximum atomic E-state index is 13.3. The van der Waals surface area contributed by atoms with Gasteiger partial charge in [0.1, 0.15) is 5.71 Å². The SMILES string of the molecule is C=C(/C(=N\C)C(F)F)c1nc(N(C)C(C)CC)nc(N2CCOC[C@@H]2C)n1. The second-order valence-electron chi connectivity index (χ2n) is 6.63. The van der Waals surface area contributed by atoms with E-state index < -0.39 is 12.1 Å². The minimum atomic E-state index is -2.75. The summed E-state index contributed by atoms with van der Waals surface area (Å²) < 4.78 is 32.1. The van der Waals surface area contributed by atoms with Crippen molar-refractivity contribution in [3.8, 4) is 0 Å². The molecule has 0 aliphatic carbocycles. The van der Waals surface area contributed by atoms with Crippen LogP contribution in [-0.4, -0.2) is 73.0 Å². The number of hydrogen-bond donors (Lipinski definition) is 0. The first-order chi connectivity index (χ1) is 12.8. The number of nitrogens with zero attached hydrogens (tertiary/aromatic N) is 6. The Bertz CT molecular complexity index is 696. The average Bonchev–Trinajstić information content (AvgIpc) is 2.66. The second kappa shape index (κ2) is 9.16. The third kappa shape index (κ3) is 4.77. The first-order valence-corrected chi connectivity index (χ1v) is 9.07. The number of hydrogen-bond acceptors (Lipinski definition) is 7. The van der Waals surface area contributed by atoms with E-state index in [1.807, 2.05) is 30.7 Å².